The molecule has 118 valence electrons. The van der Waals surface area contributed by atoms with Gasteiger partial charge in [-0.05, 0) is 36.0 Å². The van der Waals surface area contributed by atoms with Crippen LogP contribution in [-0.4, -0.2) is 29.9 Å². The summed E-state index contributed by atoms with van der Waals surface area (Å²) in [6.45, 7) is 4.96. The molecule has 0 unspecified atom stereocenters. The molecule has 0 radical (unpaired) electrons. The van der Waals surface area contributed by atoms with Gasteiger partial charge < -0.3 is 10.4 Å². The van der Waals surface area contributed by atoms with Gasteiger partial charge in [-0.3, -0.25) is 4.79 Å². The van der Waals surface area contributed by atoms with Gasteiger partial charge in [0, 0.05) is 18.9 Å². The predicted molar refractivity (Wildman–Crippen MR) is 85.7 cm³/mol. The van der Waals surface area contributed by atoms with E-state index in [0.717, 1.165) is 18.4 Å². The quantitative estimate of drug-likeness (QED) is 0.737. The fourth-order valence-electron chi connectivity index (χ4n) is 1.88. The lowest BCUT2D eigenvalue weighted by Gasteiger charge is -2.24. The van der Waals surface area contributed by atoms with Gasteiger partial charge in [-0.2, -0.15) is 0 Å². The van der Waals surface area contributed by atoms with Crippen molar-refractivity contribution in [2.45, 2.75) is 32.4 Å². The molecular weight excluding hydrogens is 289 g/mol. The Morgan fingerprint density at radius 1 is 1.33 bits per heavy atom. The van der Waals surface area contributed by atoms with E-state index in [1.807, 2.05) is 0 Å². The molecule has 0 aromatic heterocycles. The Labute approximate surface area is 130 Å². The Morgan fingerprint density at radius 3 is 2.62 bits per heavy atom. The van der Waals surface area contributed by atoms with Crippen molar-refractivity contribution in [1.82, 2.24) is 5.32 Å². The van der Waals surface area contributed by atoms with Gasteiger partial charge in [-0.15, -0.1) is 11.8 Å². The molecule has 3 nitrogen and oxygen atoms in total. The van der Waals surface area contributed by atoms with E-state index in [2.05, 4.69) is 19.2 Å². The smallest absolute Gasteiger partial charge is 0.230 e. The molecule has 0 aliphatic rings. The van der Waals surface area contributed by atoms with Crippen molar-refractivity contribution in [2.75, 3.05) is 18.9 Å². The molecule has 1 aromatic carbocycles. The molecule has 0 bridgehead atoms. The lowest BCUT2D eigenvalue weighted by atomic mass is 9.88. The number of rotatable bonds is 9. The van der Waals surface area contributed by atoms with Crippen LogP contribution in [0.3, 0.4) is 0 Å². The second kappa shape index (κ2) is 9.05. The average molecular weight is 313 g/mol. The van der Waals surface area contributed by atoms with E-state index in [0.29, 0.717) is 18.1 Å². The summed E-state index contributed by atoms with van der Waals surface area (Å²) >= 11 is 1.51. The van der Waals surface area contributed by atoms with Gasteiger partial charge >= 0.3 is 0 Å². The summed E-state index contributed by atoms with van der Waals surface area (Å²) in [5.41, 5.74) is 1.01. The molecule has 2 N–H and O–H groups in total. The van der Waals surface area contributed by atoms with Gasteiger partial charge in [-0.25, -0.2) is 4.39 Å². The highest BCUT2D eigenvalue weighted by Gasteiger charge is 2.18. The first-order valence-electron chi connectivity index (χ1n) is 7.13. The second-order valence-corrected chi connectivity index (χ2v) is 6.87. The molecule has 0 saturated heterocycles. The highest BCUT2D eigenvalue weighted by atomic mass is 32.2. The van der Waals surface area contributed by atoms with E-state index in [1.165, 1.54) is 23.9 Å². The normalized spacial score (nSPS) is 11.4. The number of aliphatic hydroxyl groups excluding tert-OH is 1. The van der Waals surface area contributed by atoms with E-state index in [9.17, 15) is 9.18 Å². The number of hydrogen-bond acceptors (Lipinski definition) is 3. The van der Waals surface area contributed by atoms with Crippen LogP contribution in [0.2, 0.25) is 0 Å². The summed E-state index contributed by atoms with van der Waals surface area (Å²) in [7, 11) is 0. The van der Waals surface area contributed by atoms with Gasteiger partial charge in [0.1, 0.15) is 5.82 Å². The van der Waals surface area contributed by atoms with E-state index in [1.54, 1.807) is 12.1 Å². The number of amides is 1. The van der Waals surface area contributed by atoms with Gasteiger partial charge in [0.2, 0.25) is 5.91 Å². The maximum Gasteiger partial charge on any atom is 0.230 e. The Hall–Kier alpha value is -1.07. The number of halogens is 1. The number of carbonyl (C=O) groups excluding carboxylic acids is 1. The number of nitrogens with one attached hydrogen (secondary N) is 1. The first-order valence-corrected chi connectivity index (χ1v) is 8.28. The van der Waals surface area contributed by atoms with E-state index in [4.69, 9.17) is 5.11 Å². The SMILES string of the molecule is CC(C)(CCCO)CNC(=O)CSCc1ccc(F)cc1. The largest absolute Gasteiger partial charge is 0.396 e. The first kappa shape index (κ1) is 18.0. The maximum absolute atomic E-state index is 12.8. The predicted octanol–water partition coefficient (Wildman–Crippen LogP) is 2.97. The zero-order valence-corrected chi connectivity index (χ0v) is 13.5. The molecule has 1 amide bonds. The third-order valence-corrected chi connectivity index (χ3v) is 4.19. The molecule has 21 heavy (non-hydrogen) atoms. The molecule has 5 heteroatoms. The van der Waals surface area contributed by atoms with Crippen LogP contribution in [0.25, 0.3) is 0 Å². The van der Waals surface area contributed by atoms with Gasteiger partial charge in [0.15, 0.2) is 0 Å². The number of hydrogen-bond donors (Lipinski definition) is 2. The number of carbonyl (C=O) groups is 1. The van der Waals surface area contributed by atoms with Gasteiger partial charge in [-0.1, -0.05) is 26.0 Å². The zero-order valence-electron chi connectivity index (χ0n) is 12.7. The van der Waals surface area contributed by atoms with Crippen molar-refractivity contribution in [2.24, 2.45) is 5.41 Å². The molecule has 1 rings (SSSR count). The number of aliphatic hydroxyl groups is 1. The summed E-state index contributed by atoms with van der Waals surface area (Å²) in [5.74, 6) is 0.862. The van der Waals surface area contributed by atoms with Crippen LogP contribution < -0.4 is 5.32 Å². The Bertz CT molecular complexity index is 434. The van der Waals surface area contributed by atoms with Crippen LogP contribution in [0.1, 0.15) is 32.3 Å². The molecule has 0 aliphatic carbocycles. The second-order valence-electron chi connectivity index (χ2n) is 5.89. The molecule has 0 aliphatic heterocycles. The third kappa shape index (κ3) is 8.07. The van der Waals surface area contributed by atoms with E-state index in [-0.39, 0.29) is 23.7 Å². The van der Waals surface area contributed by atoms with Crippen molar-refractivity contribution >= 4 is 17.7 Å². The number of benzene rings is 1. The van der Waals surface area contributed by atoms with Crippen molar-refractivity contribution in [3.63, 3.8) is 0 Å². The molecular formula is C16H24FNO2S. The Morgan fingerprint density at radius 2 is 2.00 bits per heavy atom. The van der Waals surface area contributed by atoms with Crippen LogP contribution in [0, 0.1) is 11.2 Å². The topological polar surface area (TPSA) is 49.3 Å². The van der Waals surface area contributed by atoms with Crippen molar-refractivity contribution in [3.05, 3.63) is 35.6 Å². The molecule has 0 spiro atoms. The van der Waals surface area contributed by atoms with Gasteiger partial charge in [0.05, 0.1) is 5.75 Å². The van der Waals surface area contributed by atoms with Crippen LogP contribution >= 0.6 is 11.8 Å². The van der Waals surface area contributed by atoms with Crippen LogP contribution in [0.4, 0.5) is 4.39 Å². The molecule has 0 saturated carbocycles. The minimum Gasteiger partial charge on any atom is -0.396 e. The minimum absolute atomic E-state index is 0.0000135. The summed E-state index contributed by atoms with van der Waals surface area (Å²) in [5, 5.41) is 11.8. The average Bonchev–Trinajstić information content (AvgIpc) is 2.45. The highest BCUT2D eigenvalue weighted by Crippen LogP contribution is 2.20. The summed E-state index contributed by atoms with van der Waals surface area (Å²) in [6, 6.07) is 6.33. The van der Waals surface area contributed by atoms with E-state index >= 15 is 0 Å². The van der Waals surface area contributed by atoms with Crippen molar-refractivity contribution < 1.29 is 14.3 Å². The lowest BCUT2D eigenvalue weighted by Crippen LogP contribution is -2.35. The highest BCUT2D eigenvalue weighted by molar-refractivity contribution is 7.99. The fraction of sp³-hybridized carbons (Fsp3) is 0.562. The van der Waals surface area contributed by atoms with Gasteiger partial charge in [0.25, 0.3) is 0 Å². The monoisotopic (exact) mass is 313 g/mol. The fourth-order valence-corrected chi connectivity index (χ4v) is 2.69. The first-order chi connectivity index (χ1) is 9.93. The minimum atomic E-state index is -0.244. The zero-order chi connectivity index (χ0) is 15.7. The van der Waals surface area contributed by atoms with E-state index < -0.39 is 0 Å². The third-order valence-electron chi connectivity index (χ3n) is 3.19. The maximum atomic E-state index is 12.8. The summed E-state index contributed by atoms with van der Waals surface area (Å²) < 4.78 is 12.8. The van der Waals surface area contributed by atoms with Crippen molar-refractivity contribution in [3.8, 4) is 0 Å². The summed E-state index contributed by atoms with van der Waals surface area (Å²) in [4.78, 5) is 11.8. The van der Waals surface area contributed by atoms with Crippen LogP contribution in [0.5, 0.6) is 0 Å². The molecule has 1 aromatic rings. The summed E-state index contributed by atoms with van der Waals surface area (Å²) in [6.07, 6.45) is 1.63. The molecule has 0 heterocycles. The molecule has 0 atom stereocenters. The molecule has 0 fully saturated rings. The number of thioether (sulfide) groups is 1. The van der Waals surface area contributed by atoms with Crippen LogP contribution in [0.15, 0.2) is 24.3 Å². The van der Waals surface area contributed by atoms with Crippen molar-refractivity contribution in [1.29, 1.82) is 0 Å². The Kier molecular flexibility index (Phi) is 7.75. The standard InChI is InChI=1S/C16H24FNO2S/c1-16(2,8-3-9-19)12-18-15(20)11-21-10-13-4-6-14(17)7-5-13/h4-7,19H,3,8-12H2,1-2H3,(H,18,20). The van der Waals surface area contributed by atoms with Crippen LogP contribution in [-0.2, 0) is 10.5 Å². The lowest BCUT2D eigenvalue weighted by molar-refractivity contribution is -0.119. The Balaban J connectivity index is 2.20.